The van der Waals surface area contributed by atoms with Gasteiger partial charge in [-0.3, -0.25) is 4.98 Å². The normalized spacial score (nSPS) is 10.7. The largest absolute Gasteiger partial charge is 0.361 e. The number of fused-ring (bicyclic) bond motifs is 1. The Kier molecular flexibility index (Phi) is 6.05. The fraction of sp³-hybridized carbons (Fsp3) is 0.0400. The van der Waals surface area contributed by atoms with Crippen LogP contribution in [0.2, 0.25) is 5.02 Å². The van der Waals surface area contributed by atoms with E-state index in [0.29, 0.717) is 28.8 Å². The molecule has 3 heterocycles. The average molecular weight is 470 g/mol. The molecule has 0 aliphatic rings. The van der Waals surface area contributed by atoms with Crippen LogP contribution in [0.5, 0.6) is 0 Å². The second kappa shape index (κ2) is 9.60. The van der Waals surface area contributed by atoms with Crippen molar-refractivity contribution in [2.24, 2.45) is 0 Å². The number of hydrogen-bond donors (Lipinski definition) is 3. The minimum atomic E-state index is -0.352. The number of halogens is 1. The van der Waals surface area contributed by atoms with Gasteiger partial charge in [0.25, 0.3) is 0 Å². The van der Waals surface area contributed by atoms with Gasteiger partial charge in [0.05, 0.1) is 17.9 Å². The summed E-state index contributed by atoms with van der Waals surface area (Å²) in [5.41, 5.74) is 4.48. The lowest BCUT2D eigenvalue weighted by molar-refractivity contribution is 0.262. The molecule has 34 heavy (non-hydrogen) atoms. The minimum absolute atomic E-state index is 0.352. The Morgan fingerprint density at radius 2 is 1.76 bits per heavy atom. The predicted octanol–water partition coefficient (Wildman–Crippen LogP) is 5.70. The van der Waals surface area contributed by atoms with Gasteiger partial charge in [-0.1, -0.05) is 29.8 Å². The van der Waals surface area contributed by atoms with Crippen LogP contribution in [0.1, 0.15) is 5.69 Å². The van der Waals surface area contributed by atoms with Crippen LogP contribution in [0.3, 0.4) is 0 Å². The Morgan fingerprint density at radius 1 is 0.912 bits per heavy atom. The van der Waals surface area contributed by atoms with Crippen molar-refractivity contribution < 1.29 is 4.79 Å². The quantitative estimate of drug-likeness (QED) is 0.296. The number of urea groups is 1. The minimum Gasteiger partial charge on any atom is -0.361 e. The summed E-state index contributed by atoms with van der Waals surface area (Å²) in [5, 5.41) is 9.58. The van der Waals surface area contributed by atoms with E-state index in [1.807, 2.05) is 59.3 Å². The molecule has 0 atom stereocenters. The Bertz CT molecular complexity index is 1440. The first kappa shape index (κ1) is 21.4. The van der Waals surface area contributed by atoms with Crippen molar-refractivity contribution in [1.29, 1.82) is 0 Å². The number of carbonyl (C=O) groups is 1. The highest BCUT2D eigenvalue weighted by molar-refractivity contribution is 6.30. The van der Waals surface area contributed by atoms with Crippen LogP contribution in [0.25, 0.3) is 16.9 Å². The van der Waals surface area contributed by atoms with Gasteiger partial charge in [-0.05, 0) is 48.5 Å². The molecule has 2 aromatic carbocycles. The number of benzene rings is 2. The third kappa shape index (κ3) is 4.97. The van der Waals surface area contributed by atoms with Crippen molar-refractivity contribution >= 4 is 40.5 Å². The van der Waals surface area contributed by atoms with Crippen molar-refractivity contribution in [3.63, 3.8) is 0 Å². The molecule has 5 rings (SSSR count). The number of rotatable bonds is 6. The van der Waals surface area contributed by atoms with E-state index in [1.54, 1.807) is 36.7 Å². The lowest BCUT2D eigenvalue weighted by Gasteiger charge is -2.11. The number of nitrogens with zero attached hydrogens (tertiary/aromatic N) is 4. The summed E-state index contributed by atoms with van der Waals surface area (Å²) in [6.45, 7) is 0.520. The van der Waals surface area contributed by atoms with E-state index in [1.165, 1.54) is 0 Å². The van der Waals surface area contributed by atoms with E-state index in [9.17, 15) is 4.79 Å². The number of pyridine rings is 1. The van der Waals surface area contributed by atoms with Gasteiger partial charge >= 0.3 is 6.03 Å². The Morgan fingerprint density at radius 3 is 2.59 bits per heavy atom. The molecular formula is C25H20ClN7O. The zero-order chi connectivity index (χ0) is 23.3. The smallest absolute Gasteiger partial charge is 0.323 e. The van der Waals surface area contributed by atoms with Crippen molar-refractivity contribution in [1.82, 2.24) is 19.4 Å². The third-order valence-corrected chi connectivity index (χ3v) is 5.31. The highest BCUT2D eigenvalue weighted by atomic mass is 35.5. The number of aromatic nitrogens is 4. The summed E-state index contributed by atoms with van der Waals surface area (Å²) < 4.78 is 1.91. The van der Waals surface area contributed by atoms with Gasteiger partial charge < -0.3 is 20.4 Å². The molecule has 2 amide bonds. The molecule has 0 saturated heterocycles. The summed E-state index contributed by atoms with van der Waals surface area (Å²) in [6, 6.07) is 19.8. The fourth-order valence-corrected chi connectivity index (χ4v) is 3.58. The maximum Gasteiger partial charge on any atom is 0.323 e. The van der Waals surface area contributed by atoms with Crippen LogP contribution in [-0.2, 0) is 6.54 Å². The molecule has 168 valence electrons. The molecule has 0 aliphatic carbocycles. The highest BCUT2D eigenvalue weighted by Gasteiger charge is 2.11. The number of anilines is 3. The SMILES string of the molecule is O=C(Nc1ccc(Cl)cc1)Nc1cccc(-c2cn3ccnc3c(NCc3ccccn3)n2)c1. The molecule has 3 N–H and O–H groups in total. The molecule has 0 bridgehead atoms. The molecule has 3 aromatic heterocycles. The summed E-state index contributed by atoms with van der Waals surface area (Å²) in [6.07, 6.45) is 7.26. The zero-order valence-corrected chi connectivity index (χ0v) is 18.7. The lowest BCUT2D eigenvalue weighted by Crippen LogP contribution is -2.19. The zero-order valence-electron chi connectivity index (χ0n) is 17.9. The van der Waals surface area contributed by atoms with E-state index < -0.39 is 0 Å². The lowest BCUT2D eigenvalue weighted by atomic mass is 10.1. The van der Waals surface area contributed by atoms with Gasteiger partial charge in [0.2, 0.25) is 0 Å². The summed E-state index contributed by atoms with van der Waals surface area (Å²) in [5.74, 6) is 0.645. The second-order valence-corrected chi connectivity index (χ2v) is 7.91. The molecular weight excluding hydrogens is 450 g/mol. The standard InChI is InChI=1S/C25H20ClN7O/c26-18-7-9-19(10-8-18)30-25(34)31-20-6-3-4-17(14-20)22-16-33-13-12-28-24(33)23(32-22)29-15-21-5-1-2-11-27-21/h1-14,16H,15H2,(H,29,32)(H2,30,31,34). The molecule has 9 heteroatoms. The molecule has 0 radical (unpaired) electrons. The number of nitrogens with one attached hydrogen (secondary N) is 3. The molecule has 5 aromatic rings. The summed E-state index contributed by atoms with van der Waals surface area (Å²) in [7, 11) is 0. The average Bonchev–Trinajstić information content (AvgIpc) is 3.34. The first-order chi connectivity index (χ1) is 16.6. The Hall–Kier alpha value is -4.43. The molecule has 0 fully saturated rings. The molecule has 0 spiro atoms. The van der Waals surface area contributed by atoms with Gasteiger partial charge in [0, 0.05) is 46.7 Å². The Labute approximate surface area is 200 Å². The van der Waals surface area contributed by atoms with Crippen molar-refractivity contribution in [2.75, 3.05) is 16.0 Å². The maximum atomic E-state index is 12.4. The number of imidazole rings is 1. The maximum absolute atomic E-state index is 12.4. The van der Waals surface area contributed by atoms with E-state index >= 15 is 0 Å². The van der Waals surface area contributed by atoms with Crippen molar-refractivity contribution in [2.45, 2.75) is 6.54 Å². The first-order valence-electron chi connectivity index (χ1n) is 10.6. The van der Waals surface area contributed by atoms with Gasteiger partial charge in [-0.2, -0.15) is 0 Å². The van der Waals surface area contributed by atoms with Gasteiger partial charge in [0.15, 0.2) is 11.5 Å². The van der Waals surface area contributed by atoms with Gasteiger partial charge in [0.1, 0.15) is 0 Å². The Balaban J connectivity index is 1.36. The molecule has 8 nitrogen and oxygen atoms in total. The highest BCUT2D eigenvalue weighted by Crippen LogP contribution is 2.25. The third-order valence-electron chi connectivity index (χ3n) is 5.06. The van der Waals surface area contributed by atoms with Crippen LogP contribution in [0.15, 0.2) is 91.5 Å². The van der Waals surface area contributed by atoms with Gasteiger partial charge in [-0.25, -0.2) is 14.8 Å². The van der Waals surface area contributed by atoms with Crippen molar-refractivity contribution in [3.8, 4) is 11.3 Å². The number of amides is 2. The van der Waals surface area contributed by atoms with Crippen LogP contribution < -0.4 is 16.0 Å². The van der Waals surface area contributed by atoms with E-state index in [0.717, 1.165) is 22.6 Å². The van der Waals surface area contributed by atoms with E-state index in [-0.39, 0.29) is 6.03 Å². The van der Waals surface area contributed by atoms with Crippen molar-refractivity contribution in [3.05, 3.63) is 102 Å². The molecule has 0 unspecified atom stereocenters. The van der Waals surface area contributed by atoms with Crippen LogP contribution in [0, 0.1) is 0 Å². The van der Waals surface area contributed by atoms with Crippen LogP contribution in [0.4, 0.5) is 22.0 Å². The van der Waals surface area contributed by atoms with Crippen LogP contribution in [-0.4, -0.2) is 25.4 Å². The van der Waals surface area contributed by atoms with E-state index in [2.05, 4.69) is 25.9 Å². The summed E-state index contributed by atoms with van der Waals surface area (Å²) in [4.78, 5) is 26.0. The van der Waals surface area contributed by atoms with E-state index in [4.69, 9.17) is 16.6 Å². The predicted molar refractivity (Wildman–Crippen MR) is 134 cm³/mol. The molecule has 0 saturated carbocycles. The topological polar surface area (TPSA) is 96.2 Å². The number of hydrogen-bond acceptors (Lipinski definition) is 5. The second-order valence-electron chi connectivity index (χ2n) is 7.47. The number of carbonyl (C=O) groups excluding carboxylic acids is 1. The molecule has 0 aliphatic heterocycles. The monoisotopic (exact) mass is 469 g/mol. The van der Waals surface area contributed by atoms with Gasteiger partial charge in [-0.15, -0.1) is 0 Å². The summed E-state index contributed by atoms with van der Waals surface area (Å²) >= 11 is 5.90. The fourth-order valence-electron chi connectivity index (χ4n) is 3.45. The first-order valence-corrected chi connectivity index (χ1v) is 10.9. The van der Waals surface area contributed by atoms with Crippen LogP contribution >= 0.6 is 11.6 Å².